The van der Waals surface area contributed by atoms with E-state index in [-0.39, 0.29) is 7.43 Å². The lowest BCUT2D eigenvalue weighted by Crippen LogP contribution is -2.24. The van der Waals surface area contributed by atoms with E-state index in [4.69, 9.17) is 0 Å². The lowest BCUT2D eigenvalue weighted by Gasteiger charge is -2.33. The molecule has 0 N–H and O–H groups in total. The zero-order valence-corrected chi connectivity index (χ0v) is 8.65. The second kappa shape index (κ2) is 5.40. The first-order chi connectivity index (χ1) is 4.89. The molecule has 0 bridgehead atoms. The summed E-state index contributed by atoms with van der Waals surface area (Å²) in [7, 11) is 0. The molecule has 0 radical (unpaired) electrons. The van der Waals surface area contributed by atoms with Gasteiger partial charge in [0.2, 0.25) is 0 Å². The highest BCUT2D eigenvalue weighted by Crippen LogP contribution is 2.34. The molecule has 0 heterocycles. The van der Waals surface area contributed by atoms with E-state index in [9.17, 15) is 0 Å². The molecule has 0 aromatic carbocycles. The Morgan fingerprint density at radius 1 is 1.25 bits per heavy atom. The van der Waals surface area contributed by atoms with Crippen LogP contribution in [0.4, 0.5) is 0 Å². The van der Waals surface area contributed by atoms with Crippen LogP contribution in [0.2, 0.25) is 0 Å². The molecule has 0 aromatic heterocycles. The molecule has 0 aliphatic rings. The number of allylic oxidation sites excluding steroid dienone is 1. The van der Waals surface area contributed by atoms with Gasteiger partial charge in [-0.2, -0.15) is 0 Å². The maximum atomic E-state index is 3.80. The normalized spacial score (nSPS) is 13.8. The highest BCUT2D eigenvalue weighted by atomic mass is 14.3. The maximum Gasteiger partial charge on any atom is -0.0308 e. The summed E-state index contributed by atoms with van der Waals surface area (Å²) < 4.78 is 0. The molecule has 0 spiro atoms. The van der Waals surface area contributed by atoms with Gasteiger partial charge in [-0.1, -0.05) is 48.1 Å². The molecule has 74 valence electrons. The summed E-state index contributed by atoms with van der Waals surface area (Å²) in [5.74, 6) is 1.52. The molecule has 0 heteroatoms. The Hall–Kier alpha value is -0.260. The average molecular weight is 170 g/mol. The van der Waals surface area contributed by atoms with E-state index in [0.29, 0.717) is 5.41 Å². The highest BCUT2D eigenvalue weighted by molar-refractivity contribution is 4.82. The monoisotopic (exact) mass is 170 g/mol. The molecule has 0 nitrogen and oxygen atoms in total. The minimum absolute atomic E-state index is 0. The van der Waals surface area contributed by atoms with Crippen molar-refractivity contribution in [3.05, 3.63) is 12.7 Å². The number of hydrogen-bond donors (Lipinski definition) is 0. The van der Waals surface area contributed by atoms with Crippen LogP contribution in [-0.2, 0) is 0 Å². The van der Waals surface area contributed by atoms with Gasteiger partial charge < -0.3 is 0 Å². The van der Waals surface area contributed by atoms with Gasteiger partial charge >= 0.3 is 0 Å². The SMILES string of the molecule is C.C=CC[C@H](C(C)C)C(C)(C)C. The van der Waals surface area contributed by atoms with Crippen LogP contribution in [0.15, 0.2) is 12.7 Å². The molecule has 0 saturated heterocycles. The van der Waals surface area contributed by atoms with E-state index in [1.165, 1.54) is 0 Å². The van der Waals surface area contributed by atoms with Crippen molar-refractivity contribution in [2.45, 2.75) is 48.5 Å². The summed E-state index contributed by atoms with van der Waals surface area (Å²) in [6.45, 7) is 15.3. The lowest BCUT2D eigenvalue weighted by molar-refractivity contribution is 0.181. The van der Waals surface area contributed by atoms with Crippen LogP contribution in [0, 0.1) is 17.3 Å². The molecule has 0 aliphatic heterocycles. The number of hydrogen-bond acceptors (Lipinski definition) is 0. The first-order valence-corrected chi connectivity index (χ1v) is 4.50. The molecule has 0 amide bonds. The van der Waals surface area contributed by atoms with Crippen molar-refractivity contribution in [1.82, 2.24) is 0 Å². The minimum atomic E-state index is 0. The summed E-state index contributed by atoms with van der Waals surface area (Å²) in [4.78, 5) is 0. The molecular formula is C12H26. The van der Waals surface area contributed by atoms with Crippen molar-refractivity contribution >= 4 is 0 Å². The predicted octanol–water partition coefficient (Wildman–Crippen LogP) is 4.52. The third-order valence-electron chi connectivity index (χ3n) is 2.34. The van der Waals surface area contributed by atoms with Crippen LogP contribution in [-0.4, -0.2) is 0 Å². The van der Waals surface area contributed by atoms with E-state index in [2.05, 4.69) is 41.2 Å². The van der Waals surface area contributed by atoms with Crippen molar-refractivity contribution in [2.24, 2.45) is 17.3 Å². The van der Waals surface area contributed by atoms with Crippen LogP contribution in [0.3, 0.4) is 0 Å². The van der Waals surface area contributed by atoms with Gasteiger partial charge in [-0.15, -0.1) is 6.58 Å². The Kier molecular flexibility index (Phi) is 6.42. The average Bonchev–Trinajstić information content (AvgIpc) is 1.79. The standard InChI is InChI=1S/C11H22.CH4/c1-7-8-10(9(2)3)11(4,5)6;/h7,9-10H,1,8H2,2-6H3;1H4/t10-;/m1./s1. The van der Waals surface area contributed by atoms with E-state index < -0.39 is 0 Å². The Morgan fingerprint density at radius 3 is 1.75 bits per heavy atom. The highest BCUT2D eigenvalue weighted by Gasteiger charge is 2.25. The van der Waals surface area contributed by atoms with E-state index >= 15 is 0 Å². The fourth-order valence-corrected chi connectivity index (χ4v) is 1.81. The van der Waals surface area contributed by atoms with Gasteiger partial charge in [0, 0.05) is 0 Å². The zero-order valence-electron chi connectivity index (χ0n) is 8.65. The van der Waals surface area contributed by atoms with Crippen LogP contribution < -0.4 is 0 Å². The molecule has 0 unspecified atom stereocenters. The maximum absolute atomic E-state index is 3.80. The molecule has 1 atom stereocenters. The second-order valence-corrected chi connectivity index (χ2v) is 4.74. The summed E-state index contributed by atoms with van der Waals surface area (Å²) in [5.41, 5.74) is 0.419. The van der Waals surface area contributed by atoms with Gasteiger partial charge in [0.25, 0.3) is 0 Å². The van der Waals surface area contributed by atoms with Gasteiger partial charge in [0.15, 0.2) is 0 Å². The molecule has 12 heavy (non-hydrogen) atoms. The van der Waals surface area contributed by atoms with E-state index in [1.807, 2.05) is 6.08 Å². The fraction of sp³-hybridized carbons (Fsp3) is 0.833. The summed E-state index contributed by atoms with van der Waals surface area (Å²) in [6.07, 6.45) is 3.18. The summed E-state index contributed by atoms with van der Waals surface area (Å²) in [6, 6.07) is 0. The third-order valence-corrected chi connectivity index (χ3v) is 2.34. The lowest BCUT2D eigenvalue weighted by atomic mass is 9.73. The second-order valence-electron chi connectivity index (χ2n) is 4.74. The minimum Gasteiger partial charge on any atom is -0.103 e. The van der Waals surface area contributed by atoms with Gasteiger partial charge in [0.1, 0.15) is 0 Å². The Balaban J connectivity index is 0. The van der Waals surface area contributed by atoms with Gasteiger partial charge in [-0.25, -0.2) is 0 Å². The fourth-order valence-electron chi connectivity index (χ4n) is 1.81. The van der Waals surface area contributed by atoms with Crippen molar-refractivity contribution in [2.75, 3.05) is 0 Å². The van der Waals surface area contributed by atoms with Gasteiger partial charge in [-0.3, -0.25) is 0 Å². The van der Waals surface area contributed by atoms with Crippen LogP contribution in [0.1, 0.15) is 48.5 Å². The Morgan fingerprint density at radius 2 is 1.67 bits per heavy atom. The molecule has 0 aromatic rings. The van der Waals surface area contributed by atoms with Crippen LogP contribution >= 0.6 is 0 Å². The summed E-state index contributed by atoms with van der Waals surface area (Å²) >= 11 is 0. The molecule has 0 rings (SSSR count). The van der Waals surface area contributed by atoms with E-state index in [0.717, 1.165) is 18.3 Å². The third kappa shape index (κ3) is 4.58. The largest absolute Gasteiger partial charge is 0.103 e. The Labute approximate surface area is 79.1 Å². The zero-order chi connectivity index (χ0) is 9.07. The van der Waals surface area contributed by atoms with Gasteiger partial charge in [0.05, 0.1) is 0 Å². The van der Waals surface area contributed by atoms with Crippen molar-refractivity contribution in [3.8, 4) is 0 Å². The number of rotatable bonds is 3. The van der Waals surface area contributed by atoms with Crippen molar-refractivity contribution in [1.29, 1.82) is 0 Å². The summed E-state index contributed by atoms with van der Waals surface area (Å²) in [5, 5.41) is 0. The topological polar surface area (TPSA) is 0 Å². The molecule has 0 fully saturated rings. The van der Waals surface area contributed by atoms with Crippen LogP contribution in [0.5, 0.6) is 0 Å². The van der Waals surface area contributed by atoms with Crippen molar-refractivity contribution < 1.29 is 0 Å². The van der Waals surface area contributed by atoms with E-state index in [1.54, 1.807) is 0 Å². The predicted molar refractivity (Wildman–Crippen MR) is 59.3 cm³/mol. The van der Waals surface area contributed by atoms with Gasteiger partial charge in [-0.05, 0) is 23.7 Å². The molecular weight excluding hydrogens is 144 g/mol. The van der Waals surface area contributed by atoms with Crippen molar-refractivity contribution in [3.63, 3.8) is 0 Å². The Bertz CT molecular complexity index is 114. The first kappa shape index (κ1) is 14.3. The molecule has 0 saturated carbocycles. The molecule has 0 aliphatic carbocycles. The van der Waals surface area contributed by atoms with Crippen LogP contribution in [0.25, 0.3) is 0 Å². The quantitative estimate of drug-likeness (QED) is 0.546. The first-order valence-electron chi connectivity index (χ1n) is 4.50. The smallest absolute Gasteiger partial charge is 0.0308 e.